The minimum absolute atomic E-state index is 0.821. The summed E-state index contributed by atoms with van der Waals surface area (Å²) in [5, 5.41) is 4.39. The first-order chi connectivity index (χ1) is 6.20. The third-order valence-corrected chi connectivity index (χ3v) is 2.54. The maximum absolute atomic E-state index is 4.39. The fourth-order valence-corrected chi connectivity index (χ4v) is 1.71. The van der Waals surface area contributed by atoms with Crippen LogP contribution >= 0.6 is 0 Å². The van der Waals surface area contributed by atoms with Gasteiger partial charge in [-0.1, -0.05) is 13.8 Å². The first-order valence-electron chi connectivity index (χ1n) is 5.20. The van der Waals surface area contributed by atoms with Gasteiger partial charge in [-0.25, -0.2) is 0 Å². The van der Waals surface area contributed by atoms with Crippen LogP contribution in [0.3, 0.4) is 0 Å². The summed E-state index contributed by atoms with van der Waals surface area (Å²) in [5.74, 6) is 0.821. The van der Waals surface area contributed by atoms with Crippen LogP contribution < -0.4 is 0 Å². The Morgan fingerprint density at radius 2 is 1.77 bits per heavy atom. The Hall–Kier alpha value is -0.790. The maximum atomic E-state index is 4.39. The van der Waals surface area contributed by atoms with Gasteiger partial charge in [-0.3, -0.25) is 4.68 Å². The molecular weight excluding hydrogens is 160 g/mol. The third-order valence-electron chi connectivity index (χ3n) is 2.54. The molecule has 1 aliphatic carbocycles. The predicted octanol–water partition coefficient (Wildman–Crippen LogP) is 2.94. The van der Waals surface area contributed by atoms with Gasteiger partial charge in [0.1, 0.15) is 0 Å². The number of hydrogen-bond acceptors (Lipinski definition) is 1. The van der Waals surface area contributed by atoms with Crippen molar-refractivity contribution in [2.24, 2.45) is 7.05 Å². The van der Waals surface area contributed by atoms with E-state index >= 15 is 0 Å². The number of aromatic nitrogens is 2. The van der Waals surface area contributed by atoms with Gasteiger partial charge in [0.25, 0.3) is 0 Å². The highest BCUT2D eigenvalue weighted by atomic mass is 15.3. The molecule has 0 aliphatic heterocycles. The smallest absolute Gasteiger partial charge is 0.0625 e. The topological polar surface area (TPSA) is 17.8 Å². The average Bonchev–Trinajstić information content (AvgIpc) is 2.88. The van der Waals surface area contributed by atoms with Crippen LogP contribution in [0.15, 0.2) is 0 Å². The Morgan fingerprint density at radius 3 is 2.08 bits per heavy atom. The maximum Gasteiger partial charge on any atom is 0.0625 e. The van der Waals surface area contributed by atoms with Gasteiger partial charge in [-0.05, 0) is 32.3 Å². The van der Waals surface area contributed by atoms with E-state index in [1.807, 2.05) is 25.6 Å². The largest absolute Gasteiger partial charge is 0.272 e. The molecule has 0 atom stereocenters. The predicted molar refractivity (Wildman–Crippen MR) is 56.0 cm³/mol. The summed E-state index contributed by atoms with van der Waals surface area (Å²) in [4.78, 5) is 0. The molecule has 1 aliphatic rings. The Kier molecular flexibility index (Phi) is 3.12. The zero-order valence-corrected chi connectivity index (χ0v) is 9.39. The SMILES string of the molecule is CC.Cc1nn(C)c(C2CC2)c1C. The van der Waals surface area contributed by atoms with Crippen molar-refractivity contribution < 1.29 is 0 Å². The van der Waals surface area contributed by atoms with Crippen LogP contribution in [-0.4, -0.2) is 9.78 Å². The van der Waals surface area contributed by atoms with Gasteiger partial charge in [0.05, 0.1) is 5.69 Å². The molecule has 0 unspecified atom stereocenters. The summed E-state index contributed by atoms with van der Waals surface area (Å²) in [6.07, 6.45) is 2.72. The van der Waals surface area contributed by atoms with Crippen LogP contribution in [-0.2, 0) is 7.05 Å². The van der Waals surface area contributed by atoms with Crippen LogP contribution in [0.1, 0.15) is 49.6 Å². The Balaban J connectivity index is 0.000000396. The molecule has 0 bridgehead atoms. The molecule has 1 aromatic rings. The zero-order chi connectivity index (χ0) is 10.0. The molecule has 1 aromatic heterocycles. The zero-order valence-electron chi connectivity index (χ0n) is 9.39. The average molecular weight is 180 g/mol. The highest BCUT2D eigenvalue weighted by molar-refractivity contribution is 5.29. The van der Waals surface area contributed by atoms with Gasteiger partial charge in [-0.2, -0.15) is 5.10 Å². The molecular formula is C11H20N2. The van der Waals surface area contributed by atoms with Crippen LogP contribution in [0.2, 0.25) is 0 Å². The van der Waals surface area contributed by atoms with Crippen LogP contribution in [0, 0.1) is 13.8 Å². The first kappa shape index (κ1) is 10.3. The van der Waals surface area contributed by atoms with Crippen molar-refractivity contribution in [1.29, 1.82) is 0 Å². The molecule has 2 nitrogen and oxygen atoms in total. The molecule has 2 heteroatoms. The first-order valence-corrected chi connectivity index (χ1v) is 5.20. The summed E-state index contributed by atoms with van der Waals surface area (Å²) >= 11 is 0. The Labute approximate surface area is 81.0 Å². The van der Waals surface area contributed by atoms with Gasteiger partial charge >= 0.3 is 0 Å². The van der Waals surface area contributed by atoms with Crippen LogP contribution in [0.25, 0.3) is 0 Å². The molecule has 0 radical (unpaired) electrons. The van der Waals surface area contributed by atoms with Gasteiger partial charge < -0.3 is 0 Å². The number of hydrogen-bond donors (Lipinski definition) is 0. The van der Waals surface area contributed by atoms with E-state index in [0.717, 1.165) is 5.92 Å². The molecule has 13 heavy (non-hydrogen) atoms. The van der Waals surface area contributed by atoms with Gasteiger partial charge in [0, 0.05) is 18.7 Å². The lowest BCUT2D eigenvalue weighted by atomic mass is 10.1. The van der Waals surface area contributed by atoms with E-state index in [2.05, 4.69) is 18.9 Å². The summed E-state index contributed by atoms with van der Waals surface area (Å²) in [7, 11) is 2.05. The number of aryl methyl sites for hydroxylation is 2. The third kappa shape index (κ3) is 1.93. The van der Waals surface area contributed by atoms with Crippen molar-refractivity contribution in [3.05, 3.63) is 17.0 Å². The molecule has 0 N–H and O–H groups in total. The lowest BCUT2D eigenvalue weighted by Crippen LogP contribution is -1.96. The van der Waals surface area contributed by atoms with Crippen molar-refractivity contribution in [1.82, 2.24) is 9.78 Å². The molecule has 2 rings (SSSR count). The van der Waals surface area contributed by atoms with E-state index in [4.69, 9.17) is 0 Å². The lowest BCUT2D eigenvalue weighted by molar-refractivity contribution is 0.706. The highest BCUT2D eigenvalue weighted by Gasteiger charge is 2.28. The van der Waals surface area contributed by atoms with Gasteiger partial charge in [-0.15, -0.1) is 0 Å². The number of nitrogens with zero attached hydrogens (tertiary/aromatic N) is 2. The summed E-state index contributed by atoms with van der Waals surface area (Å²) in [5.41, 5.74) is 4.05. The van der Waals surface area contributed by atoms with Crippen molar-refractivity contribution in [3.63, 3.8) is 0 Å². The standard InChI is InChI=1S/C9H14N2.C2H6/c1-6-7(2)10-11(3)9(6)8-4-5-8;1-2/h8H,4-5H2,1-3H3;1-2H3. The summed E-state index contributed by atoms with van der Waals surface area (Å²) in [6.45, 7) is 8.26. The van der Waals surface area contributed by atoms with Crippen molar-refractivity contribution in [3.8, 4) is 0 Å². The molecule has 0 aromatic carbocycles. The second-order valence-corrected chi connectivity index (χ2v) is 3.49. The van der Waals surface area contributed by atoms with E-state index in [1.165, 1.54) is 29.8 Å². The van der Waals surface area contributed by atoms with Crippen LogP contribution in [0.5, 0.6) is 0 Å². The quantitative estimate of drug-likeness (QED) is 0.649. The summed E-state index contributed by atoms with van der Waals surface area (Å²) < 4.78 is 2.04. The van der Waals surface area contributed by atoms with Crippen molar-refractivity contribution in [2.45, 2.75) is 46.5 Å². The van der Waals surface area contributed by atoms with E-state index in [9.17, 15) is 0 Å². The monoisotopic (exact) mass is 180 g/mol. The Bertz CT molecular complexity index is 283. The minimum Gasteiger partial charge on any atom is -0.272 e. The van der Waals surface area contributed by atoms with Crippen LogP contribution in [0.4, 0.5) is 0 Å². The van der Waals surface area contributed by atoms with Crippen molar-refractivity contribution >= 4 is 0 Å². The fraction of sp³-hybridized carbons (Fsp3) is 0.727. The second-order valence-electron chi connectivity index (χ2n) is 3.49. The molecule has 74 valence electrons. The molecule has 0 saturated heterocycles. The highest BCUT2D eigenvalue weighted by Crippen LogP contribution is 2.41. The lowest BCUT2D eigenvalue weighted by Gasteiger charge is -1.98. The van der Waals surface area contributed by atoms with E-state index in [1.54, 1.807) is 0 Å². The second kappa shape index (κ2) is 3.95. The fourth-order valence-electron chi connectivity index (χ4n) is 1.71. The van der Waals surface area contributed by atoms with Crippen molar-refractivity contribution in [2.75, 3.05) is 0 Å². The summed E-state index contributed by atoms with van der Waals surface area (Å²) in [6, 6.07) is 0. The Morgan fingerprint density at radius 1 is 1.23 bits per heavy atom. The molecule has 1 fully saturated rings. The van der Waals surface area contributed by atoms with E-state index < -0.39 is 0 Å². The van der Waals surface area contributed by atoms with Gasteiger partial charge in [0.15, 0.2) is 0 Å². The van der Waals surface area contributed by atoms with Gasteiger partial charge in [0.2, 0.25) is 0 Å². The molecule has 1 heterocycles. The normalized spacial score (nSPS) is 15.2. The molecule has 1 saturated carbocycles. The van der Waals surface area contributed by atoms with E-state index in [-0.39, 0.29) is 0 Å². The van der Waals surface area contributed by atoms with E-state index in [0.29, 0.717) is 0 Å². The minimum atomic E-state index is 0.821. The molecule has 0 spiro atoms. The molecule has 0 amide bonds. The number of rotatable bonds is 1.